The molecule has 2 amide bonds. The van der Waals surface area contributed by atoms with Crippen molar-refractivity contribution in [2.45, 2.75) is 19.4 Å². The Morgan fingerprint density at radius 2 is 1.90 bits per heavy atom. The molecule has 0 heterocycles. The Balaban J connectivity index is 2.80. The van der Waals surface area contributed by atoms with E-state index in [0.29, 0.717) is 12.1 Å². The maximum Gasteiger partial charge on any atom is 0.330 e. The number of urea groups is 1. The molecule has 1 aromatic rings. The second-order valence-electron chi connectivity index (χ2n) is 4.34. The number of benzene rings is 1. The van der Waals surface area contributed by atoms with Crippen molar-refractivity contribution < 1.29 is 19.8 Å². The van der Waals surface area contributed by atoms with E-state index in [-0.39, 0.29) is 13.2 Å². The van der Waals surface area contributed by atoms with Gasteiger partial charge in [-0.3, -0.25) is 0 Å². The van der Waals surface area contributed by atoms with E-state index in [1.54, 1.807) is 30.3 Å². The van der Waals surface area contributed by atoms with Crippen molar-refractivity contribution >= 4 is 12.0 Å². The number of hydrogen-bond donors (Lipinski definition) is 3. The first-order valence-electron chi connectivity index (χ1n) is 6.54. The van der Waals surface area contributed by atoms with Crippen LogP contribution in [0.1, 0.15) is 24.9 Å². The smallest absolute Gasteiger partial charge is 0.330 e. The number of amides is 2. The molecule has 0 bridgehead atoms. The van der Waals surface area contributed by atoms with Gasteiger partial charge in [-0.1, -0.05) is 37.3 Å². The lowest BCUT2D eigenvalue weighted by Gasteiger charge is -2.24. The minimum Gasteiger partial charge on any atom is -0.479 e. The third kappa shape index (κ3) is 4.55. The topological polar surface area (TPSA) is 89.9 Å². The lowest BCUT2D eigenvalue weighted by molar-refractivity contribution is -0.139. The first kappa shape index (κ1) is 16.0. The van der Waals surface area contributed by atoms with E-state index < -0.39 is 18.0 Å². The van der Waals surface area contributed by atoms with Crippen molar-refractivity contribution in [2.75, 3.05) is 19.7 Å². The number of aliphatic carboxylic acids is 1. The predicted octanol–water partition coefficient (Wildman–Crippen LogP) is 1.23. The van der Waals surface area contributed by atoms with Crippen molar-refractivity contribution in [3.05, 3.63) is 35.9 Å². The van der Waals surface area contributed by atoms with E-state index in [1.807, 2.05) is 6.92 Å². The molecule has 0 saturated carbocycles. The number of aliphatic hydroxyl groups is 1. The number of carboxylic acids is 1. The van der Waals surface area contributed by atoms with Crippen molar-refractivity contribution in [3.8, 4) is 0 Å². The number of nitrogens with one attached hydrogen (secondary N) is 1. The van der Waals surface area contributed by atoms with Gasteiger partial charge >= 0.3 is 12.0 Å². The van der Waals surface area contributed by atoms with Gasteiger partial charge in [0.15, 0.2) is 6.04 Å². The Hall–Kier alpha value is -2.08. The number of nitrogens with zero attached hydrogens (tertiary/aromatic N) is 1. The van der Waals surface area contributed by atoms with Crippen LogP contribution in [-0.2, 0) is 4.79 Å². The molecule has 1 atom stereocenters. The Bertz CT molecular complexity index is 430. The Labute approximate surface area is 118 Å². The Morgan fingerprint density at radius 1 is 1.25 bits per heavy atom. The van der Waals surface area contributed by atoms with Gasteiger partial charge in [0.25, 0.3) is 0 Å². The van der Waals surface area contributed by atoms with Gasteiger partial charge < -0.3 is 20.4 Å². The predicted molar refractivity (Wildman–Crippen MR) is 74.3 cm³/mol. The maximum atomic E-state index is 12.1. The van der Waals surface area contributed by atoms with E-state index in [1.165, 1.54) is 4.90 Å². The molecule has 0 aliphatic heterocycles. The summed E-state index contributed by atoms with van der Waals surface area (Å²) in [5.41, 5.74) is 0.508. The van der Waals surface area contributed by atoms with Crippen LogP contribution >= 0.6 is 0 Å². The summed E-state index contributed by atoms with van der Waals surface area (Å²) in [5, 5.41) is 20.6. The third-order valence-electron chi connectivity index (χ3n) is 2.80. The highest BCUT2D eigenvalue weighted by Crippen LogP contribution is 2.13. The van der Waals surface area contributed by atoms with Gasteiger partial charge in [-0.05, 0) is 12.0 Å². The summed E-state index contributed by atoms with van der Waals surface area (Å²) in [5.74, 6) is -1.12. The first-order chi connectivity index (χ1) is 9.60. The number of rotatable bonds is 7. The summed E-state index contributed by atoms with van der Waals surface area (Å²) in [6.45, 7) is 2.40. The fourth-order valence-corrected chi connectivity index (χ4v) is 1.85. The van der Waals surface area contributed by atoms with Gasteiger partial charge in [0.05, 0.1) is 6.61 Å². The largest absolute Gasteiger partial charge is 0.479 e. The van der Waals surface area contributed by atoms with Crippen LogP contribution in [0.15, 0.2) is 30.3 Å². The number of carbonyl (C=O) groups excluding carboxylic acids is 1. The lowest BCUT2D eigenvalue weighted by Crippen LogP contribution is -2.45. The summed E-state index contributed by atoms with van der Waals surface area (Å²) in [6.07, 6.45) is 0.733. The van der Waals surface area contributed by atoms with Crippen LogP contribution in [0.25, 0.3) is 0 Å². The molecule has 0 aromatic heterocycles. The Morgan fingerprint density at radius 3 is 2.40 bits per heavy atom. The average molecular weight is 280 g/mol. The third-order valence-corrected chi connectivity index (χ3v) is 2.80. The van der Waals surface area contributed by atoms with Crippen molar-refractivity contribution in [2.24, 2.45) is 0 Å². The zero-order chi connectivity index (χ0) is 15.0. The first-order valence-corrected chi connectivity index (χ1v) is 6.54. The van der Waals surface area contributed by atoms with Gasteiger partial charge in [0, 0.05) is 13.1 Å². The van der Waals surface area contributed by atoms with E-state index >= 15 is 0 Å². The van der Waals surface area contributed by atoms with E-state index in [4.69, 9.17) is 5.11 Å². The molecule has 1 rings (SSSR count). The Kier molecular flexibility index (Phi) is 6.52. The van der Waals surface area contributed by atoms with E-state index in [2.05, 4.69) is 5.32 Å². The summed E-state index contributed by atoms with van der Waals surface area (Å²) in [6, 6.07) is 6.92. The molecule has 0 aliphatic carbocycles. The molecular weight excluding hydrogens is 260 g/mol. The SMILES string of the molecule is CCCN(CCO)C(=O)N[C@H](C(=O)O)c1ccccc1. The summed E-state index contributed by atoms with van der Waals surface area (Å²) in [4.78, 5) is 24.7. The van der Waals surface area contributed by atoms with Crippen LogP contribution in [0.3, 0.4) is 0 Å². The normalized spacial score (nSPS) is 11.7. The fourth-order valence-electron chi connectivity index (χ4n) is 1.85. The standard InChI is InChI=1S/C14H20N2O4/c1-2-8-16(9-10-17)14(20)15-12(13(18)19)11-6-4-3-5-7-11/h3-7,12,17H,2,8-10H2,1H3,(H,15,20)(H,18,19)/t12-/m0/s1. The molecule has 6 nitrogen and oxygen atoms in total. The number of aliphatic hydroxyl groups excluding tert-OH is 1. The van der Waals surface area contributed by atoms with Gasteiger partial charge in [-0.2, -0.15) is 0 Å². The molecular formula is C14H20N2O4. The minimum atomic E-state index is -1.12. The molecule has 110 valence electrons. The molecule has 3 N–H and O–H groups in total. The molecule has 0 saturated heterocycles. The second-order valence-corrected chi connectivity index (χ2v) is 4.34. The highest BCUT2D eigenvalue weighted by atomic mass is 16.4. The number of carbonyl (C=O) groups is 2. The van der Waals surface area contributed by atoms with Crippen molar-refractivity contribution in [1.82, 2.24) is 10.2 Å². The molecule has 20 heavy (non-hydrogen) atoms. The average Bonchev–Trinajstić information content (AvgIpc) is 2.45. The molecule has 0 radical (unpaired) electrons. The minimum absolute atomic E-state index is 0.156. The monoisotopic (exact) mass is 280 g/mol. The van der Waals surface area contributed by atoms with Crippen LogP contribution < -0.4 is 5.32 Å². The van der Waals surface area contributed by atoms with Crippen LogP contribution in [0, 0.1) is 0 Å². The van der Waals surface area contributed by atoms with Crippen LogP contribution in [0.4, 0.5) is 4.79 Å². The van der Waals surface area contributed by atoms with Crippen LogP contribution in [-0.4, -0.2) is 46.8 Å². The summed E-state index contributed by atoms with van der Waals surface area (Å²) in [7, 11) is 0. The van der Waals surface area contributed by atoms with Gasteiger partial charge in [0.2, 0.25) is 0 Å². The molecule has 6 heteroatoms. The highest BCUT2D eigenvalue weighted by molar-refractivity contribution is 5.83. The zero-order valence-electron chi connectivity index (χ0n) is 11.5. The quantitative estimate of drug-likeness (QED) is 0.700. The van der Waals surface area contributed by atoms with Crippen LogP contribution in [0.5, 0.6) is 0 Å². The number of carboxylic acid groups (broad SMARTS) is 1. The summed E-state index contributed by atoms with van der Waals surface area (Å²) >= 11 is 0. The zero-order valence-corrected chi connectivity index (χ0v) is 11.5. The molecule has 1 aromatic carbocycles. The molecule has 0 unspecified atom stereocenters. The van der Waals surface area contributed by atoms with E-state index in [0.717, 1.165) is 6.42 Å². The van der Waals surface area contributed by atoms with Gasteiger partial charge in [-0.25, -0.2) is 9.59 Å². The van der Waals surface area contributed by atoms with Gasteiger partial charge in [-0.15, -0.1) is 0 Å². The number of hydrogen-bond acceptors (Lipinski definition) is 3. The van der Waals surface area contributed by atoms with Crippen molar-refractivity contribution in [1.29, 1.82) is 0 Å². The van der Waals surface area contributed by atoms with Gasteiger partial charge in [0.1, 0.15) is 0 Å². The highest BCUT2D eigenvalue weighted by Gasteiger charge is 2.24. The molecule has 0 spiro atoms. The maximum absolute atomic E-state index is 12.1. The van der Waals surface area contributed by atoms with Crippen molar-refractivity contribution in [3.63, 3.8) is 0 Å². The van der Waals surface area contributed by atoms with E-state index in [9.17, 15) is 14.7 Å². The van der Waals surface area contributed by atoms with Crippen LogP contribution in [0.2, 0.25) is 0 Å². The summed E-state index contributed by atoms with van der Waals surface area (Å²) < 4.78 is 0. The molecule has 0 aliphatic rings. The fraction of sp³-hybridized carbons (Fsp3) is 0.429. The lowest BCUT2D eigenvalue weighted by atomic mass is 10.1. The molecule has 0 fully saturated rings. The second kappa shape index (κ2) is 8.16.